The van der Waals surface area contributed by atoms with Crippen LogP contribution in [-0.2, 0) is 4.43 Å². The smallest absolute Gasteiger partial charge is 0.192 e. The summed E-state index contributed by atoms with van der Waals surface area (Å²) in [5.74, 6) is 0. The second-order valence-electron chi connectivity index (χ2n) is 10.2. The number of unbranched alkanes of at least 4 members (excludes halogenated alkanes) is 10. The molecule has 2 atom stereocenters. The van der Waals surface area contributed by atoms with Crippen LogP contribution in [0.25, 0.3) is 0 Å². The largest absolute Gasteiger partial charge is 0.414 e. The zero-order valence-electron chi connectivity index (χ0n) is 20.2. The lowest BCUT2D eigenvalue weighted by Crippen LogP contribution is -2.44. The van der Waals surface area contributed by atoms with Crippen LogP contribution in [0.2, 0.25) is 18.1 Å². The Hall–Kier alpha value is -0.123. The van der Waals surface area contributed by atoms with Crippen LogP contribution in [0.5, 0.6) is 0 Å². The lowest BCUT2D eigenvalue weighted by atomic mass is 10.0. The molecular weight excluding hydrogens is 360 g/mol. The summed E-state index contributed by atoms with van der Waals surface area (Å²) in [6, 6.07) is 0. The Morgan fingerprint density at radius 1 is 0.893 bits per heavy atom. The zero-order valence-corrected chi connectivity index (χ0v) is 21.2. The molecule has 0 aromatic carbocycles. The van der Waals surface area contributed by atoms with Crippen molar-refractivity contribution in [2.24, 2.45) is 0 Å². The van der Waals surface area contributed by atoms with Crippen LogP contribution in [0.4, 0.5) is 0 Å². The molecule has 0 rings (SSSR count). The predicted molar refractivity (Wildman–Crippen MR) is 129 cm³/mol. The van der Waals surface area contributed by atoms with E-state index < -0.39 is 8.32 Å². The first-order chi connectivity index (χ1) is 13.1. The van der Waals surface area contributed by atoms with Crippen molar-refractivity contribution in [2.45, 2.75) is 148 Å². The Morgan fingerprint density at radius 2 is 1.36 bits per heavy atom. The highest BCUT2D eigenvalue weighted by Crippen LogP contribution is 2.38. The van der Waals surface area contributed by atoms with Gasteiger partial charge >= 0.3 is 0 Å². The minimum atomic E-state index is -1.80. The van der Waals surface area contributed by atoms with Gasteiger partial charge in [-0.1, -0.05) is 104 Å². The van der Waals surface area contributed by atoms with E-state index in [9.17, 15) is 5.11 Å². The van der Waals surface area contributed by atoms with Crippen LogP contribution < -0.4 is 0 Å². The van der Waals surface area contributed by atoms with Gasteiger partial charge in [0.1, 0.15) is 0 Å². The third-order valence-corrected chi connectivity index (χ3v) is 10.9. The predicted octanol–water partition coefficient (Wildman–Crippen LogP) is 8.41. The molecule has 0 aromatic heterocycles. The molecule has 2 nitrogen and oxygen atoms in total. The van der Waals surface area contributed by atoms with Crippen LogP contribution in [-0.4, -0.2) is 25.6 Å². The van der Waals surface area contributed by atoms with Gasteiger partial charge in [0.25, 0.3) is 0 Å². The molecule has 0 radical (unpaired) electrons. The highest BCUT2D eigenvalue weighted by atomic mass is 28.4. The van der Waals surface area contributed by atoms with E-state index in [1.807, 2.05) is 6.08 Å². The average Bonchev–Trinajstić information content (AvgIpc) is 2.58. The molecular formula is C25H52O2Si. The van der Waals surface area contributed by atoms with Crippen molar-refractivity contribution in [3.63, 3.8) is 0 Å². The van der Waals surface area contributed by atoms with Crippen molar-refractivity contribution in [1.82, 2.24) is 0 Å². The summed E-state index contributed by atoms with van der Waals surface area (Å²) >= 11 is 0. The molecule has 3 heteroatoms. The van der Waals surface area contributed by atoms with Crippen molar-refractivity contribution in [2.75, 3.05) is 0 Å². The van der Waals surface area contributed by atoms with E-state index in [0.717, 1.165) is 25.7 Å². The lowest BCUT2D eigenvalue weighted by Gasteiger charge is -2.39. The van der Waals surface area contributed by atoms with Gasteiger partial charge in [0.2, 0.25) is 0 Å². The van der Waals surface area contributed by atoms with Gasteiger partial charge in [-0.3, -0.25) is 0 Å². The van der Waals surface area contributed by atoms with E-state index in [-0.39, 0.29) is 17.2 Å². The fourth-order valence-corrected chi connectivity index (χ4v) is 4.82. The van der Waals surface area contributed by atoms with Gasteiger partial charge in [-0.2, -0.15) is 0 Å². The molecule has 0 heterocycles. The van der Waals surface area contributed by atoms with Gasteiger partial charge in [0, 0.05) is 0 Å². The number of hydrogen-bond donors (Lipinski definition) is 1. The molecule has 0 aliphatic heterocycles. The summed E-state index contributed by atoms with van der Waals surface area (Å²) in [6.07, 6.45) is 19.1. The fourth-order valence-electron chi connectivity index (χ4n) is 3.44. The first-order valence-electron chi connectivity index (χ1n) is 12.1. The molecule has 1 N–H and O–H groups in total. The van der Waals surface area contributed by atoms with Crippen molar-refractivity contribution < 1.29 is 9.53 Å². The van der Waals surface area contributed by atoms with Gasteiger partial charge in [-0.25, -0.2) is 0 Å². The van der Waals surface area contributed by atoms with E-state index in [1.165, 1.54) is 64.2 Å². The number of aliphatic hydroxyl groups excluding tert-OH is 1. The highest BCUT2D eigenvalue weighted by molar-refractivity contribution is 6.74. The quantitative estimate of drug-likeness (QED) is 0.139. The van der Waals surface area contributed by atoms with E-state index in [0.29, 0.717) is 0 Å². The van der Waals surface area contributed by atoms with Crippen LogP contribution in [0.1, 0.15) is 118 Å². The van der Waals surface area contributed by atoms with Crippen molar-refractivity contribution in [3.8, 4) is 0 Å². The Balaban J connectivity index is 3.90. The Bertz CT molecular complexity index is 373. The molecule has 0 spiro atoms. The first-order valence-corrected chi connectivity index (χ1v) is 15.0. The summed E-state index contributed by atoms with van der Waals surface area (Å²) in [5, 5.41) is 10.7. The van der Waals surface area contributed by atoms with Crippen molar-refractivity contribution in [1.29, 1.82) is 0 Å². The van der Waals surface area contributed by atoms with E-state index >= 15 is 0 Å². The molecule has 0 aliphatic rings. The second kappa shape index (κ2) is 15.7. The Kier molecular flexibility index (Phi) is 15.6. The number of rotatable bonds is 18. The van der Waals surface area contributed by atoms with E-state index in [1.54, 1.807) is 0 Å². The number of hydrogen-bond acceptors (Lipinski definition) is 2. The first kappa shape index (κ1) is 27.9. The molecule has 0 aliphatic carbocycles. The van der Waals surface area contributed by atoms with Gasteiger partial charge in [0.05, 0.1) is 12.2 Å². The average molecular weight is 413 g/mol. The fraction of sp³-hybridized carbons (Fsp3) is 0.920. The monoisotopic (exact) mass is 412 g/mol. The lowest BCUT2D eigenvalue weighted by molar-refractivity contribution is 0.0808. The summed E-state index contributed by atoms with van der Waals surface area (Å²) in [5.41, 5.74) is 0. The number of aliphatic hydroxyl groups is 1. The molecule has 168 valence electrons. The minimum absolute atomic E-state index is 0.112. The molecule has 0 aromatic rings. The maximum absolute atomic E-state index is 10.5. The third-order valence-electron chi connectivity index (χ3n) is 6.37. The summed E-state index contributed by atoms with van der Waals surface area (Å²) < 4.78 is 6.53. The molecule has 0 saturated carbocycles. The Morgan fingerprint density at radius 3 is 1.79 bits per heavy atom. The molecule has 0 saturated heterocycles. The molecule has 28 heavy (non-hydrogen) atoms. The molecule has 0 fully saturated rings. The maximum atomic E-state index is 10.5. The minimum Gasteiger partial charge on any atom is -0.414 e. The SMILES string of the molecule is C=CC[C@@H](C[C@H](O)CCCCCCCCCCCCC)O[Si](C)(C)C(C)(C)C. The van der Waals surface area contributed by atoms with Crippen LogP contribution in [0.3, 0.4) is 0 Å². The summed E-state index contributed by atoms with van der Waals surface area (Å²) in [6.45, 7) is 17.6. The van der Waals surface area contributed by atoms with Crippen LogP contribution in [0.15, 0.2) is 12.7 Å². The standard InChI is InChI=1S/C25H52O2Si/c1-8-10-11-12-13-14-15-16-17-18-19-21-23(26)22-24(20-9-2)27-28(6,7)25(3,4)5/h9,23-24,26H,2,8,10-22H2,1,3-7H3/t23-,24+/m1/s1. The normalized spacial score (nSPS) is 14.8. The van der Waals surface area contributed by atoms with Gasteiger partial charge in [-0.05, 0) is 37.4 Å². The molecule has 0 unspecified atom stereocenters. The summed E-state index contributed by atoms with van der Waals surface area (Å²) in [4.78, 5) is 0. The van der Waals surface area contributed by atoms with Crippen molar-refractivity contribution in [3.05, 3.63) is 12.7 Å². The molecule has 0 amide bonds. The van der Waals surface area contributed by atoms with Crippen LogP contribution in [0, 0.1) is 0 Å². The highest BCUT2D eigenvalue weighted by Gasteiger charge is 2.39. The van der Waals surface area contributed by atoms with Gasteiger partial charge < -0.3 is 9.53 Å². The topological polar surface area (TPSA) is 29.5 Å². The molecule has 0 bridgehead atoms. The summed E-state index contributed by atoms with van der Waals surface area (Å²) in [7, 11) is -1.80. The third kappa shape index (κ3) is 14.0. The second-order valence-corrected chi connectivity index (χ2v) is 15.0. The van der Waals surface area contributed by atoms with Crippen molar-refractivity contribution >= 4 is 8.32 Å². The van der Waals surface area contributed by atoms with Gasteiger partial charge in [-0.15, -0.1) is 6.58 Å². The maximum Gasteiger partial charge on any atom is 0.192 e. The van der Waals surface area contributed by atoms with Gasteiger partial charge in [0.15, 0.2) is 8.32 Å². The van der Waals surface area contributed by atoms with Crippen LogP contribution >= 0.6 is 0 Å². The Labute approximate surface area is 178 Å². The van der Waals surface area contributed by atoms with E-state index in [4.69, 9.17) is 4.43 Å². The van der Waals surface area contributed by atoms with E-state index in [2.05, 4.69) is 47.4 Å². The zero-order chi connectivity index (χ0) is 21.5.